The van der Waals surface area contributed by atoms with Crippen molar-refractivity contribution in [2.24, 2.45) is 5.92 Å². The Bertz CT molecular complexity index is 201. The molecule has 2 aliphatic rings. The van der Waals surface area contributed by atoms with E-state index in [0.29, 0.717) is 0 Å². The van der Waals surface area contributed by atoms with Crippen LogP contribution in [0.5, 0.6) is 0 Å². The van der Waals surface area contributed by atoms with Gasteiger partial charge in [0.25, 0.3) is 0 Å². The van der Waals surface area contributed by atoms with Crippen molar-refractivity contribution in [3.8, 4) is 0 Å². The minimum atomic E-state index is 0.778. The Hall–Kier alpha value is -0.720. The van der Waals surface area contributed by atoms with Gasteiger partial charge in [-0.25, -0.2) is 0 Å². The molecule has 1 atom stereocenters. The van der Waals surface area contributed by atoms with E-state index in [2.05, 4.69) is 24.4 Å². The van der Waals surface area contributed by atoms with Crippen molar-refractivity contribution >= 4 is 0 Å². The molecule has 54 valence electrons. The second-order valence-corrected chi connectivity index (χ2v) is 3.16. The first-order valence-electron chi connectivity index (χ1n) is 4.01. The van der Waals surface area contributed by atoms with E-state index in [4.69, 9.17) is 0 Å². The van der Waals surface area contributed by atoms with Crippen LogP contribution >= 0.6 is 0 Å². The summed E-state index contributed by atoms with van der Waals surface area (Å²) in [5.41, 5.74) is 3.04. The first-order valence-corrected chi connectivity index (χ1v) is 4.01. The first kappa shape index (κ1) is 6.02. The zero-order chi connectivity index (χ0) is 6.97. The molecule has 1 heterocycles. The Labute approximate surface area is 61.8 Å². The van der Waals surface area contributed by atoms with Gasteiger partial charge in [-0.05, 0) is 30.4 Å². The number of hydrogen-bond donors (Lipinski definition) is 1. The monoisotopic (exact) mass is 135 g/mol. The van der Waals surface area contributed by atoms with Gasteiger partial charge in [0, 0.05) is 12.2 Å². The van der Waals surface area contributed by atoms with Gasteiger partial charge in [-0.3, -0.25) is 0 Å². The van der Waals surface area contributed by atoms with E-state index in [1.807, 2.05) is 0 Å². The van der Waals surface area contributed by atoms with Crippen molar-refractivity contribution in [1.29, 1.82) is 0 Å². The molecule has 0 aromatic rings. The minimum absolute atomic E-state index is 0.778. The molecule has 0 aromatic heterocycles. The fourth-order valence-corrected chi connectivity index (χ4v) is 1.75. The smallest absolute Gasteiger partial charge is 0.0332 e. The fraction of sp³-hybridized carbons (Fsp3) is 0.556. The van der Waals surface area contributed by atoms with Crippen molar-refractivity contribution in [2.45, 2.75) is 19.8 Å². The van der Waals surface area contributed by atoms with Crippen LogP contribution in [0.2, 0.25) is 0 Å². The lowest BCUT2D eigenvalue weighted by molar-refractivity contribution is 0.671. The second kappa shape index (κ2) is 2.15. The summed E-state index contributed by atoms with van der Waals surface area (Å²) >= 11 is 0. The molecule has 0 amide bonds. The maximum Gasteiger partial charge on any atom is 0.0332 e. The highest BCUT2D eigenvalue weighted by atomic mass is 14.9. The Morgan fingerprint density at radius 3 is 3.30 bits per heavy atom. The minimum Gasteiger partial charge on any atom is -0.384 e. The van der Waals surface area contributed by atoms with Crippen LogP contribution in [-0.2, 0) is 0 Å². The summed E-state index contributed by atoms with van der Waals surface area (Å²) in [6, 6.07) is 0. The van der Waals surface area contributed by atoms with Crippen LogP contribution in [0.15, 0.2) is 23.4 Å². The molecule has 0 spiro atoms. The second-order valence-electron chi connectivity index (χ2n) is 3.16. The van der Waals surface area contributed by atoms with Crippen LogP contribution < -0.4 is 5.32 Å². The molecule has 2 rings (SSSR count). The van der Waals surface area contributed by atoms with E-state index in [0.717, 1.165) is 12.5 Å². The summed E-state index contributed by atoms with van der Waals surface area (Å²) in [4.78, 5) is 0. The van der Waals surface area contributed by atoms with Crippen LogP contribution in [0.1, 0.15) is 19.8 Å². The van der Waals surface area contributed by atoms with Gasteiger partial charge in [-0.1, -0.05) is 13.0 Å². The molecule has 1 aliphatic carbocycles. The predicted molar refractivity (Wildman–Crippen MR) is 42.6 cm³/mol. The molecule has 0 saturated heterocycles. The van der Waals surface area contributed by atoms with Crippen molar-refractivity contribution in [3.63, 3.8) is 0 Å². The Kier molecular flexibility index (Phi) is 1.30. The third-order valence-corrected chi connectivity index (χ3v) is 2.40. The summed E-state index contributed by atoms with van der Waals surface area (Å²) in [7, 11) is 0. The quantitative estimate of drug-likeness (QED) is 0.534. The summed E-state index contributed by atoms with van der Waals surface area (Å²) in [6.07, 6.45) is 7.00. The molecule has 0 aromatic carbocycles. The molecular weight excluding hydrogens is 122 g/mol. The topological polar surface area (TPSA) is 12.0 Å². The van der Waals surface area contributed by atoms with Gasteiger partial charge in [-0.15, -0.1) is 0 Å². The summed E-state index contributed by atoms with van der Waals surface area (Å²) < 4.78 is 0. The van der Waals surface area contributed by atoms with E-state index in [1.54, 1.807) is 5.57 Å². The Morgan fingerprint density at radius 2 is 2.50 bits per heavy atom. The highest BCUT2D eigenvalue weighted by Crippen LogP contribution is 2.28. The summed E-state index contributed by atoms with van der Waals surface area (Å²) in [5.74, 6) is 0.778. The van der Waals surface area contributed by atoms with Gasteiger partial charge >= 0.3 is 0 Å². The molecule has 1 unspecified atom stereocenters. The van der Waals surface area contributed by atoms with Crippen LogP contribution in [-0.4, -0.2) is 6.54 Å². The molecular formula is C9H13N. The van der Waals surface area contributed by atoms with Gasteiger partial charge in [0.2, 0.25) is 0 Å². The van der Waals surface area contributed by atoms with Gasteiger partial charge in [0.15, 0.2) is 0 Å². The van der Waals surface area contributed by atoms with Gasteiger partial charge in [0.05, 0.1) is 0 Å². The highest BCUT2D eigenvalue weighted by Gasteiger charge is 2.20. The zero-order valence-corrected chi connectivity index (χ0v) is 6.35. The van der Waals surface area contributed by atoms with Crippen molar-refractivity contribution < 1.29 is 0 Å². The van der Waals surface area contributed by atoms with E-state index >= 15 is 0 Å². The van der Waals surface area contributed by atoms with Gasteiger partial charge in [-0.2, -0.15) is 0 Å². The molecule has 1 N–H and O–H groups in total. The van der Waals surface area contributed by atoms with E-state index in [-0.39, 0.29) is 0 Å². The maximum absolute atomic E-state index is 3.40. The lowest BCUT2D eigenvalue weighted by Gasteiger charge is -2.09. The third-order valence-electron chi connectivity index (χ3n) is 2.40. The van der Waals surface area contributed by atoms with E-state index < -0.39 is 0 Å². The van der Waals surface area contributed by atoms with Crippen LogP contribution in [0.3, 0.4) is 0 Å². The molecule has 0 bridgehead atoms. The number of allylic oxidation sites excluding steroid dienone is 2. The number of nitrogens with one attached hydrogen (secondary N) is 1. The van der Waals surface area contributed by atoms with Crippen LogP contribution in [0, 0.1) is 5.92 Å². The van der Waals surface area contributed by atoms with Gasteiger partial charge in [0.1, 0.15) is 0 Å². The van der Waals surface area contributed by atoms with E-state index in [9.17, 15) is 0 Å². The summed E-state index contributed by atoms with van der Waals surface area (Å²) in [5, 5.41) is 3.40. The van der Waals surface area contributed by atoms with Crippen LogP contribution in [0.4, 0.5) is 0 Å². The lowest BCUT2D eigenvalue weighted by Crippen LogP contribution is -2.08. The van der Waals surface area contributed by atoms with Gasteiger partial charge < -0.3 is 5.32 Å². The normalized spacial score (nSPS) is 30.3. The average Bonchev–Trinajstić information content (AvgIpc) is 2.34. The zero-order valence-electron chi connectivity index (χ0n) is 6.35. The van der Waals surface area contributed by atoms with Crippen molar-refractivity contribution in [1.82, 2.24) is 5.32 Å². The molecule has 0 fully saturated rings. The fourth-order valence-electron chi connectivity index (χ4n) is 1.75. The van der Waals surface area contributed by atoms with Crippen molar-refractivity contribution in [2.75, 3.05) is 6.54 Å². The molecule has 1 aliphatic heterocycles. The Morgan fingerprint density at radius 1 is 1.60 bits per heavy atom. The van der Waals surface area contributed by atoms with E-state index in [1.165, 1.54) is 18.5 Å². The molecule has 0 radical (unpaired) electrons. The maximum atomic E-state index is 3.40. The SMILES string of the molecule is CC1CNC2=C1CCC=C2. The largest absolute Gasteiger partial charge is 0.384 e. The lowest BCUT2D eigenvalue weighted by atomic mass is 9.95. The predicted octanol–water partition coefficient (Wildman–Crippen LogP) is 1.83. The average molecular weight is 135 g/mol. The number of rotatable bonds is 0. The number of hydrogen-bond acceptors (Lipinski definition) is 1. The molecule has 10 heavy (non-hydrogen) atoms. The first-order chi connectivity index (χ1) is 4.88. The third kappa shape index (κ3) is 0.772. The molecule has 1 heteroatoms. The Balaban J connectivity index is 2.29. The highest BCUT2D eigenvalue weighted by molar-refractivity contribution is 5.33. The molecule has 1 nitrogen and oxygen atoms in total. The summed E-state index contributed by atoms with van der Waals surface area (Å²) in [6.45, 7) is 3.45. The standard InChI is InChI=1S/C9H13N/c1-7-6-10-9-5-3-2-4-8(7)9/h3,5,7,10H,2,4,6H2,1H3. The van der Waals surface area contributed by atoms with Crippen molar-refractivity contribution in [3.05, 3.63) is 23.4 Å². The molecule has 0 saturated carbocycles. The van der Waals surface area contributed by atoms with Crippen LogP contribution in [0.25, 0.3) is 0 Å².